The number of rotatable bonds is 21. The Hall–Kier alpha value is -0.860. The minimum Gasteiger partial charge on any atom is -0.396 e. The van der Waals surface area contributed by atoms with Crippen molar-refractivity contribution in [3.8, 4) is 0 Å². The highest BCUT2D eigenvalue weighted by molar-refractivity contribution is 4.97. The highest BCUT2D eigenvalue weighted by Gasteiger charge is 1.91. The summed E-state index contributed by atoms with van der Waals surface area (Å²) in [6.45, 7) is 0.697. The van der Waals surface area contributed by atoms with Crippen molar-refractivity contribution < 1.29 is 10.2 Å². The lowest BCUT2D eigenvalue weighted by Gasteiger charge is -1.99. The number of allylic oxidation sites excluding steroid dienone is 6. The molecule has 0 atom stereocenters. The zero-order valence-electron chi connectivity index (χ0n) is 17.8. The van der Waals surface area contributed by atoms with Crippen LogP contribution in [0.3, 0.4) is 0 Å². The Morgan fingerprint density at radius 1 is 0.333 bits per heavy atom. The first kappa shape index (κ1) is 26.1. The molecule has 2 nitrogen and oxygen atoms in total. The first-order valence-corrected chi connectivity index (χ1v) is 11.6. The van der Waals surface area contributed by atoms with Crippen molar-refractivity contribution in [1.29, 1.82) is 0 Å². The second-order valence-corrected chi connectivity index (χ2v) is 7.51. The van der Waals surface area contributed by atoms with Gasteiger partial charge in [0.05, 0.1) is 0 Å². The highest BCUT2D eigenvalue weighted by atomic mass is 16.3. The number of aliphatic hydroxyl groups is 2. The molecule has 0 radical (unpaired) electrons. The van der Waals surface area contributed by atoms with Crippen LogP contribution in [0.5, 0.6) is 0 Å². The molecule has 0 saturated carbocycles. The molecule has 158 valence electrons. The molecule has 0 aliphatic heterocycles. The van der Waals surface area contributed by atoms with Crippen molar-refractivity contribution in [2.24, 2.45) is 0 Å². The van der Waals surface area contributed by atoms with Gasteiger partial charge in [-0.15, -0.1) is 0 Å². The van der Waals surface area contributed by atoms with Crippen LogP contribution in [0, 0.1) is 0 Å². The predicted molar refractivity (Wildman–Crippen MR) is 120 cm³/mol. The summed E-state index contributed by atoms with van der Waals surface area (Å²) in [5.41, 5.74) is 0. The van der Waals surface area contributed by atoms with Gasteiger partial charge in [0.1, 0.15) is 0 Å². The van der Waals surface area contributed by atoms with Crippen LogP contribution in [-0.2, 0) is 0 Å². The Labute approximate surface area is 169 Å². The zero-order chi connectivity index (χ0) is 19.7. The van der Waals surface area contributed by atoms with Crippen LogP contribution in [0.1, 0.15) is 109 Å². The normalized spacial score (nSPS) is 12.2. The Balaban J connectivity index is 3.24. The van der Waals surface area contributed by atoms with E-state index < -0.39 is 0 Å². The molecule has 0 heterocycles. The van der Waals surface area contributed by atoms with Crippen LogP contribution in [0.4, 0.5) is 0 Å². The van der Waals surface area contributed by atoms with Crippen LogP contribution >= 0.6 is 0 Å². The summed E-state index contributed by atoms with van der Waals surface area (Å²) >= 11 is 0. The molecule has 0 aromatic carbocycles. The summed E-state index contributed by atoms with van der Waals surface area (Å²) in [5, 5.41) is 17.4. The van der Waals surface area contributed by atoms with Crippen molar-refractivity contribution in [1.82, 2.24) is 0 Å². The van der Waals surface area contributed by atoms with Crippen LogP contribution in [0.15, 0.2) is 36.5 Å². The molecule has 0 aromatic rings. The van der Waals surface area contributed by atoms with E-state index >= 15 is 0 Å². The summed E-state index contributed by atoms with van der Waals surface area (Å²) in [6.07, 6.45) is 34.4. The van der Waals surface area contributed by atoms with E-state index in [4.69, 9.17) is 10.2 Å². The van der Waals surface area contributed by atoms with Gasteiger partial charge in [0, 0.05) is 13.2 Å². The average molecular weight is 379 g/mol. The topological polar surface area (TPSA) is 40.5 Å². The zero-order valence-corrected chi connectivity index (χ0v) is 17.8. The molecule has 0 amide bonds. The fraction of sp³-hybridized carbons (Fsp3) is 0.760. The Kier molecular flexibility index (Phi) is 24.3. The second-order valence-electron chi connectivity index (χ2n) is 7.51. The fourth-order valence-electron chi connectivity index (χ4n) is 3.12. The molecule has 2 N–H and O–H groups in total. The molecule has 27 heavy (non-hydrogen) atoms. The first-order valence-electron chi connectivity index (χ1n) is 11.6. The van der Waals surface area contributed by atoms with Crippen molar-refractivity contribution in [2.45, 2.75) is 109 Å². The molecule has 0 unspecified atom stereocenters. The average Bonchev–Trinajstić information content (AvgIpc) is 2.68. The Morgan fingerprint density at radius 3 is 1.00 bits per heavy atom. The molecule has 0 aliphatic rings. The van der Waals surface area contributed by atoms with E-state index in [1.807, 2.05) is 0 Å². The monoisotopic (exact) mass is 378 g/mol. The third-order valence-corrected chi connectivity index (χ3v) is 4.85. The quantitative estimate of drug-likeness (QED) is 0.163. The second kappa shape index (κ2) is 25.1. The van der Waals surface area contributed by atoms with Crippen molar-refractivity contribution in [2.75, 3.05) is 13.2 Å². The lowest BCUT2D eigenvalue weighted by Crippen LogP contribution is -1.83. The molecule has 2 heteroatoms. The van der Waals surface area contributed by atoms with Crippen LogP contribution in [-0.4, -0.2) is 23.4 Å². The minimum absolute atomic E-state index is 0.347. The van der Waals surface area contributed by atoms with E-state index in [0.29, 0.717) is 13.2 Å². The maximum absolute atomic E-state index is 8.72. The summed E-state index contributed by atoms with van der Waals surface area (Å²) in [6, 6.07) is 0. The van der Waals surface area contributed by atoms with Crippen LogP contribution < -0.4 is 0 Å². The smallest absolute Gasteiger partial charge is 0.0431 e. The predicted octanol–water partition coefficient (Wildman–Crippen LogP) is 7.27. The van der Waals surface area contributed by atoms with Crippen LogP contribution in [0.2, 0.25) is 0 Å². The maximum Gasteiger partial charge on any atom is 0.0431 e. The van der Waals surface area contributed by atoms with Crippen molar-refractivity contribution in [3.63, 3.8) is 0 Å². The third kappa shape index (κ3) is 25.1. The molecular weight excluding hydrogens is 332 g/mol. The van der Waals surface area contributed by atoms with E-state index in [9.17, 15) is 0 Å². The van der Waals surface area contributed by atoms with Gasteiger partial charge >= 0.3 is 0 Å². The molecule has 0 saturated heterocycles. The Bertz CT molecular complexity index is 344. The molecule has 0 aromatic heterocycles. The van der Waals surface area contributed by atoms with Gasteiger partial charge in [0.2, 0.25) is 0 Å². The van der Waals surface area contributed by atoms with Gasteiger partial charge in [0.15, 0.2) is 0 Å². The molecule has 0 spiro atoms. The highest BCUT2D eigenvalue weighted by Crippen LogP contribution is 2.09. The van der Waals surface area contributed by atoms with Crippen LogP contribution in [0.25, 0.3) is 0 Å². The third-order valence-electron chi connectivity index (χ3n) is 4.85. The number of hydrogen-bond acceptors (Lipinski definition) is 2. The lowest BCUT2D eigenvalue weighted by atomic mass is 10.1. The fourth-order valence-corrected chi connectivity index (χ4v) is 3.12. The summed E-state index contributed by atoms with van der Waals surface area (Å²) in [7, 11) is 0. The maximum atomic E-state index is 8.72. The molecular formula is C25H46O2. The van der Waals surface area contributed by atoms with Gasteiger partial charge in [-0.1, -0.05) is 94.2 Å². The number of aliphatic hydroxyl groups excluding tert-OH is 2. The molecule has 0 bridgehead atoms. The standard InChI is InChI=1S/C25H46O2/c26-24-22-20-18-16-14-12-10-8-6-4-2-1-3-5-7-9-11-13-15-17-19-21-23-25-27/h1-2,5-8,26-27H,3-4,9-25H2/b2-1+,7-5+,8-6+. The largest absolute Gasteiger partial charge is 0.396 e. The summed E-state index contributed by atoms with van der Waals surface area (Å²) < 4.78 is 0. The van der Waals surface area contributed by atoms with Gasteiger partial charge in [-0.3, -0.25) is 0 Å². The van der Waals surface area contributed by atoms with E-state index in [1.54, 1.807) is 0 Å². The summed E-state index contributed by atoms with van der Waals surface area (Å²) in [5.74, 6) is 0. The van der Waals surface area contributed by atoms with Crippen molar-refractivity contribution >= 4 is 0 Å². The van der Waals surface area contributed by atoms with E-state index in [2.05, 4.69) is 36.5 Å². The molecule has 0 fully saturated rings. The SMILES string of the molecule is OCCCCCCCC/C=C/C/C=C/C/C=C/CCCCCCCCCO. The van der Waals surface area contributed by atoms with Gasteiger partial charge < -0.3 is 10.2 Å². The van der Waals surface area contributed by atoms with E-state index in [1.165, 1.54) is 83.5 Å². The number of hydrogen-bond donors (Lipinski definition) is 2. The lowest BCUT2D eigenvalue weighted by molar-refractivity contribution is 0.282. The first-order chi connectivity index (χ1) is 13.4. The summed E-state index contributed by atoms with van der Waals surface area (Å²) in [4.78, 5) is 0. The number of unbranched alkanes of at least 4 members (excludes halogenated alkanes) is 13. The van der Waals surface area contributed by atoms with Gasteiger partial charge in [-0.05, 0) is 51.4 Å². The van der Waals surface area contributed by atoms with E-state index in [0.717, 1.165) is 25.7 Å². The van der Waals surface area contributed by atoms with Gasteiger partial charge in [-0.2, -0.15) is 0 Å². The van der Waals surface area contributed by atoms with Crippen molar-refractivity contribution in [3.05, 3.63) is 36.5 Å². The van der Waals surface area contributed by atoms with Gasteiger partial charge in [0.25, 0.3) is 0 Å². The van der Waals surface area contributed by atoms with E-state index in [-0.39, 0.29) is 0 Å². The Morgan fingerprint density at radius 2 is 0.630 bits per heavy atom. The molecule has 0 rings (SSSR count). The minimum atomic E-state index is 0.347. The molecule has 0 aliphatic carbocycles. The van der Waals surface area contributed by atoms with Gasteiger partial charge in [-0.25, -0.2) is 0 Å².